The minimum absolute atomic E-state index is 0.0505. The summed E-state index contributed by atoms with van der Waals surface area (Å²) in [5.41, 5.74) is 3.23. The molecule has 0 N–H and O–H groups in total. The third-order valence-electron chi connectivity index (χ3n) is 3.74. The molecular formula is C18H18N2O4. The van der Waals surface area contributed by atoms with Crippen molar-refractivity contribution in [2.45, 2.75) is 27.1 Å². The van der Waals surface area contributed by atoms with Crippen molar-refractivity contribution in [3.05, 3.63) is 58.6 Å². The van der Waals surface area contributed by atoms with Crippen molar-refractivity contribution in [3.63, 3.8) is 0 Å². The molecule has 0 aliphatic carbocycles. The minimum atomic E-state index is -0.446. The summed E-state index contributed by atoms with van der Waals surface area (Å²) in [6.45, 7) is 3.96. The Morgan fingerprint density at radius 3 is 2.71 bits per heavy atom. The highest BCUT2D eigenvalue weighted by molar-refractivity contribution is 5.98. The number of hydrogen-bond donors (Lipinski definition) is 0. The number of aryl methyl sites for hydroxylation is 2. The number of pyridine rings is 1. The lowest BCUT2D eigenvalue weighted by atomic mass is 10.0. The molecule has 1 aromatic carbocycles. The fraction of sp³-hybridized carbons (Fsp3) is 0.278. The van der Waals surface area contributed by atoms with Crippen molar-refractivity contribution >= 4 is 16.9 Å². The third-order valence-corrected chi connectivity index (χ3v) is 3.74. The van der Waals surface area contributed by atoms with Crippen LogP contribution in [0.15, 0.2) is 34.9 Å². The number of rotatable bonds is 5. The third kappa shape index (κ3) is 3.14. The van der Waals surface area contributed by atoms with E-state index in [1.54, 1.807) is 20.1 Å². The van der Waals surface area contributed by atoms with Crippen molar-refractivity contribution in [1.29, 1.82) is 0 Å². The number of benzene rings is 1. The van der Waals surface area contributed by atoms with Crippen LogP contribution >= 0.6 is 0 Å². The van der Waals surface area contributed by atoms with Gasteiger partial charge in [0.2, 0.25) is 0 Å². The molecule has 2 heterocycles. The second-order valence-electron chi connectivity index (χ2n) is 5.51. The van der Waals surface area contributed by atoms with Crippen molar-refractivity contribution in [2.24, 2.45) is 0 Å². The molecule has 3 aromatic rings. The van der Waals surface area contributed by atoms with Gasteiger partial charge in [-0.3, -0.25) is 0 Å². The van der Waals surface area contributed by atoms with E-state index >= 15 is 0 Å². The van der Waals surface area contributed by atoms with E-state index < -0.39 is 5.97 Å². The van der Waals surface area contributed by atoms with Gasteiger partial charge in [0.15, 0.2) is 0 Å². The Balaban J connectivity index is 1.95. The van der Waals surface area contributed by atoms with Crippen LogP contribution in [0.1, 0.15) is 33.1 Å². The Hall–Kier alpha value is -2.73. The molecule has 2 aromatic heterocycles. The van der Waals surface area contributed by atoms with Gasteiger partial charge in [0.05, 0.1) is 23.4 Å². The molecule has 0 fully saturated rings. The van der Waals surface area contributed by atoms with Gasteiger partial charge >= 0.3 is 5.97 Å². The molecule has 0 amide bonds. The molecule has 0 atom stereocenters. The maximum absolute atomic E-state index is 12.6. The normalized spacial score (nSPS) is 11.0. The molecule has 0 saturated carbocycles. The molecule has 24 heavy (non-hydrogen) atoms. The van der Waals surface area contributed by atoms with Gasteiger partial charge in [-0.25, -0.2) is 9.78 Å². The van der Waals surface area contributed by atoms with Gasteiger partial charge in [-0.1, -0.05) is 23.4 Å². The van der Waals surface area contributed by atoms with Crippen LogP contribution in [0, 0.1) is 13.8 Å². The lowest BCUT2D eigenvalue weighted by Gasteiger charge is -2.13. The number of para-hydroxylation sites is 1. The molecule has 0 aliphatic heterocycles. The summed E-state index contributed by atoms with van der Waals surface area (Å²) in [5.74, 6) is 0.225. The molecule has 3 rings (SSSR count). The number of methoxy groups -OCH3 is 1. The highest BCUT2D eigenvalue weighted by Crippen LogP contribution is 2.24. The van der Waals surface area contributed by atoms with E-state index in [9.17, 15) is 4.79 Å². The first-order chi connectivity index (χ1) is 11.6. The topological polar surface area (TPSA) is 74.5 Å². The van der Waals surface area contributed by atoms with Gasteiger partial charge in [-0.05, 0) is 25.5 Å². The number of ether oxygens (including phenoxy) is 2. The molecule has 0 unspecified atom stereocenters. The number of nitrogens with zero attached hydrogens (tertiary/aromatic N) is 2. The van der Waals surface area contributed by atoms with Gasteiger partial charge in [-0.2, -0.15) is 0 Å². The van der Waals surface area contributed by atoms with E-state index in [2.05, 4.69) is 10.1 Å². The molecule has 0 aliphatic rings. The Bertz CT molecular complexity index is 886. The molecule has 0 bridgehead atoms. The van der Waals surface area contributed by atoms with Crippen molar-refractivity contribution in [1.82, 2.24) is 10.1 Å². The average molecular weight is 326 g/mol. The Kier molecular flexibility index (Phi) is 4.57. The zero-order valence-corrected chi connectivity index (χ0v) is 13.8. The number of fused-ring (bicyclic) bond motifs is 1. The van der Waals surface area contributed by atoms with E-state index in [0.717, 1.165) is 16.5 Å². The van der Waals surface area contributed by atoms with Crippen molar-refractivity contribution in [3.8, 4) is 0 Å². The standard InChI is InChI=1S/C18H18N2O4/c1-11-8-13(20-24-11)9-23-18(21)17-12(2)14-6-4-5-7-15(14)19-16(17)10-22-3/h4-8H,9-10H2,1-3H3. The Morgan fingerprint density at radius 2 is 2.00 bits per heavy atom. The first kappa shape index (κ1) is 16.1. The van der Waals surface area contributed by atoms with Crippen LogP contribution in [0.3, 0.4) is 0 Å². The maximum atomic E-state index is 12.6. The van der Waals surface area contributed by atoms with Crippen LogP contribution in [0.4, 0.5) is 0 Å². The smallest absolute Gasteiger partial charge is 0.340 e. The summed E-state index contributed by atoms with van der Waals surface area (Å²) >= 11 is 0. The van der Waals surface area contributed by atoms with Gasteiger partial charge in [0, 0.05) is 18.6 Å². The summed E-state index contributed by atoms with van der Waals surface area (Å²) in [4.78, 5) is 17.2. The summed E-state index contributed by atoms with van der Waals surface area (Å²) in [5, 5.41) is 4.74. The fourth-order valence-corrected chi connectivity index (χ4v) is 2.65. The van der Waals surface area contributed by atoms with E-state index in [-0.39, 0.29) is 13.2 Å². The molecule has 6 heteroatoms. The monoisotopic (exact) mass is 326 g/mol. The predicted molar refractivity (Wildman–Crippen MR) is 87.6 cm³/mol. The summed E-state index contributed by atoms with van der Waals surface area (Å²) < 4.78 is 15.6. The quantitative estimate of drug-likeness (QED) is 0.669. The Morgan fingerprint density at radius 1 is 1.21 bits per heavy atom. The van der Waals surface area contributed by atoms with Crippen molar-refractivity contribution < 1.29 is 18.8 Å². The first-order valence-electron chi connectivity index (χ1n) is 7.56. The van der Waals surface area contributed by atoms with Gasteiger partial charge < -0.3 is 14.0 Å². The number of aromatic nitrogens is 2. The van der Waals surface area contributed by atoms with E-state index in [1.807, 2.05) is 31.2 Å². The van der Waals surface area contributed by atoms with Crippen LogP contribution in [0.5, 0.6) is 0 Å². The zero-order chi connectivity index (χ0) is 17.1. The largest absolute Gasteiger partial charge is 0.455 e. The SMILES string of the molecule is COCc1nc2ccccc2c(C)c1C(=O)OCc1cc(C)on1. The molecule has 0 radical (unpaired) electrons. The fourth-order valence-electron chi connectivity index (χ4n) is 2.65. The van der Waals surface area contributed by atoms with Crippen LogP contribution in [-0.4, -0.2) is 23.2 Å². The number of esters is 1. The maximum Gasteiger partial charge on any atom is 0.340 e. The molecule has 124 valence electrons. The number of carbonyl (C=O) groups is 1. The van der Waals surface area contributed by atoms with Crippen LogP contribution < -0.4 is 0 Å². The zero-order valence-electron chi connectivity index (χ0n) is 13.8. The van der Waals surface area contributed by atoms with E-state index in [4.69, 9.17) is 14.0 Å². The van der Waals surface area contributed by atoms with Crippen LogP contribution in [0.2, 0.25) is 0 Å². The van der Waals surface area contributed by atoms with Crippen molar-refractivity contribution in [2.75, 3.05) is 7.11 Å². The summed E-state index contributed by atoms with van der Waals surface area (Å²) in [6.07, 6.45) is 0. The van der Waals surface area contributed by atoms with E-state index in [0.29, 0.717) is 22.7 Å². The van der Waals surface area contributed by atoms with Gasteiger partial charge in [-0.15, -0.1) is 0 Å². The van der Waals surface area contributed by atoms with E-state index in [1.165, 1.54) is 0 Å². The number of carbonyl (C=O) groups excluding carboxylic acids is 1. The Labute approximate surface area is 139 Å². The summed E-state index contributed by atoms with van der Waals surface area (Å²) in [6, 6.07) is 9.41. The first-order valence-corrected chi connectivity index (χ1v) is 7.56. The van der Waals surface area contributed by atoms with Crippen LogP contribution in [-0.2, 0) is 22.7 Å². The number of hydrogen-bond acceptors (Lipinski definition) is 6. The minimum Gasteiger partial charge on any atom is -0.455 e. The highest BCUT2D eigenvalue weighted by atomic mass is 16.5. The molecule has 6 nitrogen and oxygen atoms in total. The molecule has 0 spiro atoms. The molecular weight excluding hydrogens is 308 g/mol. The predicted octanol–water partition coefficient (Wildman–Crippen LogP) is 3.34. The lowest BCUT2D eigenvalue weighted by molar-refractivity contribution is 0.0458. The van der Waals surface area contributed by atoms with Gasteiger partial charge in [0.1, 0.15) is 18.1 Å². The van der Waals surface area contributed by atoms with Crippen LogP contribution in [0.25, 0.3) is 10.9 Å². The highest BCUT2D eigenvalue weighted by Gasteiger charge is 2.20. The van der Waals surface area contributed by atoms with Gasteiger partial charge in [0.25, 0.3) is 0 Å². The summed E-state index contributed by atoms with van der Waals surface area (Å²) in [7, 11) is 1.57. The lowest BCUT2D eigenvalue weighted by Crippen LogP contribution is -2.13. The average Bonchev–Trinajstić information content (AvgIpc) is 2.99. The molecule has 0 saturated heterocycles. The second kappa shape index (κ2) is 6.80. The second-order valence-corrected chi connectivity index (χ2v) is 5.51.